The zero-order chi connectivity index (χ0) is 34.7. The molecule has 4 nitrogen and oxygen atoms in total. The molecule has 49 heavy (non-hydrogen) atoms. The monoisotopic (exact) mass is 642 g/mol. The van der Waals surface area contributed by atoms with Crippen LogP contribution < -0.4 is 0 Å². The zero-order valence-corrected chi connectivity index (χ0v) is 30.3. The zero-order valence-electron chi connectivity index (χ0n) is 30.3. The molecule has 0 aliphatic heterocycles. The molecule has 7 rings (SSSR count). The number of benzene rings is 3. The Kier molecular flexibility index (Phi) is 7.82. The van der Waals surface area contributed by atoms with E-state index in [1.165, 1.54) is 21.9 Å². The molecule has 4 heteroatoms. The fourth-order valence-electron chi connectivity index (χ4n) is 6.75. The predicted molar refractivity (Wildman–Crippen MR) is 207 cm³/mol. The lowest BCUT2D eigenvalue weighted by molar-refractivity contribution is 0.569. The van der Waals surface area contributed by atoms with E-state index in [1.807, 2.05) is 24.7 Å². The number of fused-ring (bicyclic) bond motifs is 3. The summed E-state index contributed by atoms with van der Waals surface area (Å²) in [5, 5.41) is 2.43. The van der Waals surface area contributed by atoms with E-state index < -0.39 is 0 Å². The summed E-state index contributed by atoms with van der Waals surface area (Å²) >= 11 is 0. The van der Waals surface area contributed by atoms with Gasteiger partial charge in [0.15, 0.2) is 0 Å². The molecule has 0 bridgehead atoms. The van der Waals surface area contributed by atoms with Gasteiger partial charge in [-0.3, -0.25) is 14.5 Å². The highest BCUT2D eigenvalue weighted by Crippen LogP contribution is 2.41. The van der Waals surface area contributed by atoms with Crippen LogP contribution in [0.3, 0.4) is 0 Å². The molecule has 0 aliphatic rings. The second kappa shape index (κ2) is 11.8. The summed E-state index contributed by atoms with van der Waals surface area (Å²) in [4.78, 5) is 14.9. The van der Waals surface area contributed by atoms with Crippen molar-refractivity contribution in [2.24, 2.45) is 0 Å². The molecule has 246 valence electrons. The molecule has 4 heterocycles. The van der Waals surface area contributed by atoms with Gasteiger partial charge >= 0.3 is 0 Å². The van der Waals surface area contributed by atoms with E-state index in [2.05, 4.69) is 158 Å². The van der Waals surface area contributed by atoms with Crippen LogP contribution in [0, 0.1) is 0 Å². The topological polar surface area (TPSA) is 43.6 Å². The lowest BCUT2D eigenvalue weighted by Gasteiger charge is -2.24. The third-order valence-corrected chi connectivity index (χ3v) is 9.58. The van der Waals surface area contributed by atoms with E-state index in [1.54, 1.807) is 0 Å². The molecule has 0 aliphatic carbocycles. The first-order chi connectivity index (χ1) is 23.2. The van der Waals surface area contributed by atoms with Gasteiger partial charge in [-0.25, -0.2) is 4.98 Å². The lowest BCUT2D eigenvalue weighted by Crippen LogP contribution is -2.14. The molecular weight excluding hydrogens is 597 g/mol. The molecule has 0 radical (unpaired) electrons. The Bertz CT molecular complexity index is 2300. The number of para-hydroxylation sites is 1. The minimum absolute atomic E-state index is 0.0284. The van der Waals surface area contributed by atoms with Crippen molar-refractivity contribution in [3.8, 4) is 39.3 Å². The number of hydrogen-bond donors (Lipinski definition) is 0. The Morgan fingerprint density at radius 2 is 1.20 bits per heavy atom. The molecule has 7 aromatic rings. The Morgan fingerprint density at radius 1 is 0.490 bits per heavy atom. The maximum atomic E-state index is 4.99. The van der Waals surface area contributed by atoms with Crippen LogP contribution in [0.2, 0.25) is 0 Å². The molecule has 0 N–H and O–H groups in total. The van der Waals surface area contributed by atoms with Crippen molar-refractivity contribution in [1.82, 2.24) is 19.5 Å². The summed E-state index contributed by atoms with van der Waals surface area (Å²) < 4.78 is 2.30. The van der Waals surface area contributed by atoms with Crippen LogP contribution in [0.1, 0.15) is 79.1 Å². The number of hydrogen-bond acceptors (Lipinski definition) is 3. The van der Waals surface area contributed by atoms with E-state index in [0.717, 1.165) is 56.1 Å². The third-order valence-electron chi connectivity index (χ3n) is 9.58. The van der Waals surface area contributed by atoms with Gasteiger partial charge in [0.2, 0.25) is 0 Å². The number of rotatable bonds is 4. The minimum Gasteiger partial charge on any atom is -0.294 e. The largest absolute Gasteiger partial charge is 0.294 e. The van der Waals surface area contributed by atoms with Crippen molar-refractivity contribution in [3.63, 3.8) is 0 Å². The van der Waals surface area contributed by atoms with Gasteiger partial charge in [0.1, 0.15) is 5.82 Å². The average Bonchev–Trinajstić information content (AvgIpc) is 3.40. The van der Waals surface area contributed by atoms with Gasteiger partial charge in [-0.1, -0.05) is 123 Å². The van der Waals surface area contributed by atoms with Gasteiger partial charge in [-0.2, -0.15) is 0 Å². The molecule has 0 atom stereocenters. The lowest BCUT2D eigenvalue weighted by atomic mass is 9.82. The Morgan fingerprint density at radius 3 is 1.88 bits per heavy atom. The smallest absolute Gasteiger partial charge is 0.137 e. The quantitative estimate of drug-likeness (QED) is 0.192. The van der Waals surface area contributed by atoms with Crippen LogP contribution in [0.15, 0.2) is 116 Å². The first-order valence-corrected chi connectivity index (χ1v) is 17.3. The van der Waals surface area contributed by atoms with Crippen molar-refractivity contribution in [3.05, 3.63) is 132 Å². The Balaban J connectivity index is 1.43. The summed E-state index contributed by atoms with van der Waals surface area (Å²) in [7, 11) is 0. The van der Waals surface area contributed by atoms with Crippen molar-refractivity contribution in [2.75, 3.05) is 0 Å². The highest BCUT2D eigenvalue weighted by molar-refractivity contribution is 6.10. The van der Waals surface area contributed by atoms with Gasteiger partial charge in [-0.05, 0) is 75.0 Å². The van der Waals surface area contributed by atoms with Crippen molar-refractivity contribution >= 4 is 21.8 Å². The van der Waals surface area contributed by atoms with E-state index >= 15 is 0 Å². The normalized spacial score (nSPS) is 12.6. The van der Waals surface area contributed by atoms with Crippen LogP contribution in [-0.2, 0) is 16.2 Å². The second-order valence-electron chi connectivity index (χ2n) is 16.3. The van der Waals surface area contributed by atoms with Crippen LogP contribution in [0.5, 0.6) is 0 Å². The molecule has 3 aromatic carbocycles. The average molecular weight is 643 g/mol. The predicted octanol–water partition coefficient (Wildman–Crippen LogP) is 11.9. The molecule has 0 saturated heterocycles. The molecule has 0 amide bonds. The van der Waals surface area contributed by atoms with Crippen molar-refractivity contribution in [2.45, 2.75) is 78.6 Å². The third kappa shape index (κ3) is 6.05. The van der Waals surface area contributed by atoms with Gasteiger partial charge in [0.05, 0.1) is 16.7 Å². The minimum atomic E-state index is -0.0640. The summed E-state index contributed by atoms with van der Waals surface area (Å²) in [6, 6.07) is 35.2. The molecular formula is C45H46N4. The summed E-state index contributed by atoms with van der Waals surface area (Å²) in [6.07, 6.45) is 5.95. The van der Waals surface area contributed by atoms with Gasteiger partial charge in [-0.15, -0.1) is 0 Å². The van der Waals surface area contributed by atoms with E-state index in [9.17, 15) is 0 Å². The molecule has 0 unspecified atom stereocenters. The maximum Gasteiger partial charge on any atom is 0.137 e. The molecule has 0 saturated carbocycles. The second-order valence-corrected chi connectivity index (χ2v) is 16.3. The van der Waals surface area contributed by atoms with Gasteiger partial charge in [0, 0.05) is 51.6 Å². The number of nitrogens with zero attached hydrogens (tertiary/aromatic N) is 4. The fourth-order valence-corrected chi connectivity index (χ4v) is 6.75. The molecule has 0 spiro atoms. The SMILES string of the molecule is CC(C)(C)c1ccc(-n2c3ccccc3c3ccc(-c4ccc(-c5ncccc5C(C)(C)C)c(-c5ccc(C(C)(C)C)nc5)c4)cc32)nc1. The standard InChI is InChI=1S/C45H46N4/c1-43(2,3)32-19-23-41(48-28-32)49-38-15-11-10-13-33(38)34-20-16-30(26-39(34)49)29-17-21-35(42-37(44(4,5)6)14-12-24-46-42)36(25-29)31-18-22-40(47-27-31)45(7,8)9/h10-28H,1-9H3. The molecule has 4 aromatic heterocycles. The van der Waals surface area contributed by atoms with Crippen molar-refractivity contribution in [1.29, 1.82) is 0 Å². The summed E-state index contributed by atoms with van der Waals surface area (Å²) in [5.74, 6) is 0.919. The highest BCUT2D eigenvalue weighted by atomic mass is 15.1. The molecule has 0 fully saturated rings. The van der Waals surface area contributed by atoms with Crippen LogP contribution >= 0.6 is 0 Å². The number of pyridine rings is 3. The van der Waals surface area contributed by atoms with Gasteiger partial charge < -0.3 is 0 Å². The number of aromatic nitrogens is 4. The Hall–Kier alpha value is -5.09. The maximum absolute atomic E-state index is 4.99. The first kappa shape index (κ1) is 32.5. The summed E-state index contributed by atoms with van der Waals surface area (Å²) in [5.41, 5.74) is 12.3. The van der Waals surface area contributed by atoms with Crippen LogP contribution in [0.25, 0.3) is 61.1 Å². The first-order valence-electron chi connectivity index (χ1n) is 17.3. The van der Waals surface area contributed by atoms with Crippen LogP contribution in [-0.4, -0.2) is 19.5 Å². The fraction of sp³-hybridized carbons (Fsp3) is 0.267. The van der Waals surface area contributed by atoms with Crippen molar-refractivity contribution < 1.29 is 0 Å². The van der Waals surface area contributed by atoms with E-state index in [-0.39, 0.29) is 16.2 Å². The van der Waals surface area contributed by atoms with E-state index in [4.69, 9.17) is 15.0 Å². The van der Waals surface area contributed by atoms with Crippen LogP contribution in [0.4, 0.5) is 0 Å². The Labute approximate surface area is 290 Å². The highest BCUT2D eigenvalue weighted by Gasteiger charge is 2.23. The van der Waals surface area contributed by atoms with Gasteiger partial charge in [0.25, 0.3) is 0 Å². The van der Waals surface area contributed by atoms with E-state index in [0.29, 0.717) is 0 Å². The summed E-state index contributed by atoms with van der Waals surface area (Å²) in [6.45, 7) is 20.0.